The van der Waals surface area contributed by atoms with Crippen molar-refractivity contribution in [3.63, 3.8) is 0 Å². The van der Waals surface area contributed by atoms with E-state index in [1.165, 1.54) is 14.0 Å². The Morgan fingerprint density at radius 2 is 2.21 bits per heavy atom. The van der Waals surface area contributed by atoms with Crippen molar-refractivity contribution in [3.05, 3.63) is 39.2 Å². The van der Waals surface area contributed by atoms with E-state index in [9.17, 15) is 19.3 Å². The predicted octanol–water partition coefficient (Wildman–Crippen LogP) is 1.81. The van der Waals surface area contributed by atoms with Gasteiger partial charge in [-0.1, -0.05) is 0 Å². The molecular formula is C12H15FN2O4. The molecule has 0 fully saturated rings. The summed E-state index contributed by atoms with van der Waals surface area (Å²) >= 11 is 0. The molecule has 0 heterocycles. The fourth-order valence-electron chi connectivity index (χ4n) is 1.44. The van der Waals surface area contributed by atoms with Gasteiger partial charge in [-0.15, -0.1) is 0 Å². The number of halogens is 1. The number of carbonyl (C=O) groups is 1. The van der Waals surface area contributed by atoms with Gasteiger partial charge in [0.2, 0.25) is 0 Å². The lowest BCUT2D eigenvalue weighted by Crippen LogP contribution is -2.32. The molecule has 1 N–H and O–H groups in total. The number of non-ortho nitro benzene ring substituents is 1. The van der Waals surface area contributed by atoms with Crippen molar-refractivity contribution in [2.24, 2.45) is 0 Å². The Hall–Kier alpha value is -2.02. The summed E-state index contributed by atoms with van der Waals surface area (Å²) in [6, 6.07) is 2.01. The van der Waals surface area contributed by atoms with E-state index >= 15 is 0 Å². The lowest BCUT2D eigenvalue weighted by Gasteiger charge is -2.11. The van der Waals surface area contributed by atoms with Crippen LogP contribution in [0.1, 0.15) is 22.8 Å². The topological polar surface area (TPSA) is 81.5 Å². The summed E-state index contributed by atoms with van der Waals surface area (Å²) in [6.07, 6.45) is -0.230. The van der Waals surface area contributed by atoms with Gasteiger partial charge in [0, 0.05) is 25.8 Å². The molecule has 0 bridgehead atoms. The van der Waals surface area contributed by atoms with E-state index in [4.69, 9.17) is 4.74 Å². The fourth-order valence-corrected chi connectivity index (χ4v) is 1.44. The molecule has 0 radical (unpaired) electrons. The number of amides is 1. The number of nitro groups is 1. The zero-order chi connectivity index (χ0) is 14.6. The van der Waals surface area contributed by atoms with Crippen LogP contribution in [0.25, 0.3) is 0 Å². The van der Waals surface area contributed by atoms with Gasteiger partial charge in [-0.05, 0) is 19.4 Å². The molecule has 7 heteroatoms. The number of rotatable bonds is 5. The predicted molar refractivity (Wildman–Crippen MR) is 66.6 cm³/mol. The standard InChI is InChI=1S/C12H15FN2O4/c1-7-4-9(15(17)18)5-10(11(7)13)12(16)14-6-8(2)19-3/h4-5,8H,6H2,1-3H3,(H,14,16). The number of aryl methyl sites for hydroxylation is 1. The molecule has 0 saturated carbocycles. The van der Waals surface area contributed by atoms with Gasteiger partial charge >= 0.3 is 0 Å². The van der Waals surface area contributed by atoms with Crippen molar-refractivity contribution < 1.29 is 18.8 Å². The SMILES string of the molecule is COC(C)CNC(=O)c1cc([N+](=O)[O-])cc(C)c1F. The molecule has 0 aliphatic carbocycles. The molecular weight excluding hydrogens is 255 g/mol. The number of nitro benzene ring substituents is 1. The first-order valence-corrected chi connectivity index (χ1v) is 5.62. The summed E-state index contributed by atoms with van der Waals surface area (Å²) in [6.45, 7) is 3.29. The second-order valence-corrected chi connectivity index (χ2v) is 4.14. The Bertz CT molecular complexity index is 505. The number of methoxy groups -OCH3 is 1. The van der Waals surface area contributed by atoms with Crippen LogP contribution in [-0.4, -0.2) is 30.6 Å². The molecule has 19 heavy (non-hydrogen) atoms. The Morgan fingerprint density at radius 3 is 2.74 bits per heavy atom. The van der Waals surface area contributed by atoms with Gasteiger partial charge in [-0.25, -0.2) is 4.39 Å². The van der Waals surface area contributed by atoms with Crippen LogP contribution in [0, 0.1) is 22.9 Å². The molecule has 1 rings (SSSR count). The second kappa shape index (κ2) is 6.24. The Labute approximate surface area is 109 Å². The molecule has 1 aromatic rings. The molecule has 104 valence electrons. The third kappa shape index (κ3) is 3.72. The number of hydrogen-bond donors (Lipinski definition) is 1. The van der Waals surface area contributed by atoms with E-state index in [2.05, 4.69) is 5.32 Å². The van der Waals surface area contributed by atoms with E-state index in [-0.39, 0.29) is 29.5 Å². The lowest BCUT2D eigenvalue weighted by molar-refractivity contribution is -0.385. The molecule has 1 amide bonds. The molecule has 0 aliphatic rings. The zero-order valence-electron chi connectivity index (χ0n) is 10.9. The highest BCUT2D eigenvalue weighted by Gasteiger charge is 2.19. The van der Waals surface area contributed by atoms with Crippen LogP contribution in [0.4, 0.5) is 10.1 Å². The maximum Gasteiger partial charge on any atom is 0.270 e. The molecule has 1 aromatic carbocycles. The Kier molecular flexibility index (Phi) is 4.94. The van der Waals surface area contributed by atoms with Crippen LogP contribution in [-0.2, 0) is 4.74 Å². The normalized spacial score (nSPS) is 12.0. The second-order valence-electron chi connectivity index (χ2n) is 4.14. The zero-order valence-corrected chi connectivity index (χ0v) is 10.9. The van der Waals surface area contributed by atoms with Gasteiger partial charge in [0.15, 0.2) is 0 Å². The first-order chi connectivity index (χ1) is 8.86. The highest BCUT2D eigenvalue weighted by molar-refractivity contribution is 5.95. The van der Waals surface area contributed by atoms with Gasteiger partial charge in [-0.2, -0.15) is 0 Å². The fraction of sp³-hybridized carbons (Fsp3) is 0.417. The van der Waals surface area contributed by atoms with Gasteiger partial charge in [-0.3, -0.25) is 14.9 Å². The van der Waals surface area contributed by atoms with Crippen molar-refractivity contribution in [1.82, 2.24) is 5.32 Å². The number of ether oxygens (including phenoxy) is 1. The molecule has 1 atom stereocenters. The minimum atomic E-state index is -0.756. The average molecular weight is 270 g/mol. The van der Waals surface area contributed by atoms with E-state index in [0.717, 1.165) is 12.1 Å². The monoisotopic (exact) mass is 270 g/mol. The van der Waals surface area contributed by atoms with Gasteiger partial charge in [0.1, 0.15) is 5.82 Å². The maximum absolute atomic E-state index is 13.8. The van der Waals surface area contributed by atoms with Crippen LogP contribution in [0.3, 0.4) is 0 Å². The van der Waals surface area contributed by atoms with Crippen LogP contribution in [0.5, 0.6) is 0 Å². The van der Waals surface area contributed by atoms with E-state index < -0.39 is 16.6 Å². The highest BCUT2D eigenvalue weighted by Crippen LogP contribution is 2.20. The summed E-state index contributed by atoms with van der Waals surface area (Å²) < 4.78 is 18.7. The first kappa shape index (κ1) is 15.0. The largest absolute Gasteiger partial charge is 0.380 e. The first-order valence-electron chi connectivity index (χ1n) is 5.62. The van der Waals surface area contributed by atoms with E-state index in [1.54, 1.807) is 6.92 Å². The van der Waals surface area contributed by atoms with Crippen molar-refractivity contribution in [3.8, 4) is 0 Å². The molecule has 0 aliphatic heterocycles. The number of nitrogens with one attached hydrogen (secondary N) is 1. The molecule has 0 spiro atoms. The number of carbonyl (C=O) groups excluding carboxylic acids is 1. The highest BCUT2D eigenvalue weighted by atomic mass is 19.1. The summed E-state index contributed by atoms with van der Waals surface area (Å²) in [5, 5.41) is 13.1. The van der Waals surface area contributed by atoms with Gasteiger partial charge < -0.3 is 10.1 Å². The lowest BCUT2D eigenvalue weighted by atomic mass is 10.1. The number of hydrogen-bond acceptors (Lipinski definition) is 4. The number of nitrogens with zero attached hydrogens (tertiary/aromatic N) is 1. The van der Waals surface area contributed by atoms with Crippen LogP contribution >= 0.6 is 0 Å². The quantitative estimate of drug-likeness (QED) is 0.653. The Morgan fingerprint density at radius 1 is 1.58 bits per heavy atom. The molecule has 1 unspecified atom stereocenters. The van der Waals surface area contributed by atoms with E-state index in [0.29, 0.717) is 0 Å². The minimum Gasteiger partial charge on any atom is -0.380 e. The summed E-state index contributed by atoms with van der Waals surface area (Å²) in [7, 11) is 1.48. The van der Waals surface area contributed by atoms with Crippen LogP contribution in [0.15, 0.2) is 12.1 Å². The smallest absolute Gasteiger partial charge is 0.270 e. The van der Waals surface area contributed by atoms with E-state index in [1.807, 2.05) is 0 Å². The maximum atomic E-state index is 13.8. The van der Waals surface area contributed by atoms with Crippen molar-refractivity contribution >= 4 is 11.6 Å². The van der Waals surface area contributed by atoms with Crippen molar-refractivity contribution in [2.45, 2.75) is 20.0 Å². The molecule has 0 saturated heterocycles. The number of benzene rings is 1. The van der Waals surface area contributed by atoms with Crippen molar-refractivity contribution in [1.29, 1.82) is 0 Å². The van der Waals surface area contributed by atoms with Gasteiger partial charge in [0.05, 0.1) is 16.6 Å². The molecule has 0 aromatic heterocycles. The summed E-state index contributed by atoms with van der Waals surface area (Å²) in [5.41, 5.74) is -0.599. The van der Waals surface area contributed by atoms with Gasteiger partial charge in [0.25, 0.3) is 11.6 Å². The minimum absolute atomic E-state index is 0.0548. The van der Waals surface area contributed by atoms with Crippen LogP contribution < -0.4 is 5.32 Å². The third-order valence-corrected chi connectivity index (χ3v) is 2.65. The molecule has 6 nitrogen and oxygen atoms in total. The van der Waals surface area contributed by atoms with Crippen molar-refractivity contribution in [2.75, 3.05) is 13.7 Å². The average Bonchev–Trinajstić information content (AvgIpc) is 2.38. The third-order valence-electron chi connectivity index (χ3n) is 2.65. The Balaban J connectivity index is 2.98. The summed E-state index contributed by atoms with van der Waals surface area (Å²) in [4.78, 5) is 21.8. The van der Waals surface area contributed by atoms with Crippen LogP contribution in [0.2, 0.25) is 0 Å². The summed E-state index contributed by atoms with van der Waals surface area (Å²) in [5.74, 6) is -1.46.